The van der Waals surface area contributed by atoms with Crippen LogP contribution in [0.25, 0.3) is 0 Å². The molecule has 1 saturated heterocycles. The molecule has 1 fully saturated rings. The third kappa shape index (κ3) is 4.15. The van der Waals surface area contributed by atoms with E-state index in [2.05, 4.69) is 10.0 Å². The number of halogens is 2. The predicted octanol–water partition coefficient (Wildman–Crippen LogP) is 1.97. The van der Waals surface area contributed by atoms with Crippen molar-refractivity contribution in [3.63, 3.8) is 0 Å². The van der Waals surface area contributed by atoms with Crippen LogP contribution in [0.3, 0.4) is 0 Å². The van der Waals surface area contributed by atoms with Gasteiger partial charge in [-0.05, 0) is 50.9 Å². The van der Waals surface area contributed by atoms with Gasteiger partial charge in [0.25, 0.3) is 0 Å². The van der Waals surface area contributed by atoms with E-state index in [4.69, 9.17) is 0 Å². The van der Waals surface area contributed by atoms with E-state index in [-0.39, 0.29) is 29.4 Å². The molecule has 2 unspecified atom stereocenters. The van der Waals surface area contributed by atoms with Gasteiger partial charge in [0.05, 0.1) is 0 Å². The van der Waals surface area contributed by atoms with Crippen LogP contribution < -0.4 is 10.0 Å². The molecule has 1 aliphatic rings. The Bertz CT molecular complexity index is 565. The Morgan fingerprint density at radius 3 is 2.75 bits per heavy atom. The van der Waals surface area contributed by atoms with Gasteiger partial charge in [0, 0.05) is 12.1 Å². The van der Waals surface area contributed by atoms with Crippen LogP contribution >= 0.6 is 12.4 Å². The van der Waals surface area contributed by atoms with Gasteiger partial charge in [0.2, 0.25) is 10.0 Å². The molecule has 0 saturated carbocycles. The van der Waals surface area contributed by atoms with Crippen molar-refractivity contribution in [2.75, 3.05) is 6.54 Å². The molecule has 2 N–H and O–H groups in total. The maximum Gasteiger partial charge on any atom is 0.243 e. The molecule has 0 aromatic heterocycles. The number of hydrogen-bond acceptors (Lipinski definition) is 3. The van der Waals surface area contributed by atoms with E-state index in [1.807, 2.05) is 6.92 Å². The van der Waals surface area contributed by atoms with Crippen molar-refractivity contribution < 1.29 is 12.8 Å². The molecule has 0 spiro atoms. The summed E-state index contributed by atoms with van der Waals surface area (Å²) >= 11 is 0. The SMILES string of the molecule is Cc1ccc(F)c(S(=O)(=O)NC2CCNC(C)C2)c1.Cl. The van der Waals surface area contributed by atoms with Gasteiger partial charge in [-0.1, -0.05) is 6.07 Å². The van der Waals surface area contributed by atoms with Crippen molar-refractivity contribution in [3.8, 4) is 0 Å². The second-order valence-electron chi connectivity index (χ2n) is 5.13. The largest absolute Gasteiger partial charge is 0.314 e. The van der Waals surface area contributed by atoms with Gasteiger partial charge in [-0.25, -0.2) is 17.5 Å². The first-order valence-corrected chi connectivity index (χ1v) is 7.88. The molecule has 0 amide bonds. The van der Waals surface area contributed by atoms with Crippen molar-refractivity contribution in [1.29, 1.82) is 0 Å². The zero-order valence-corrected chi connectivity index (χ0v) is 13.2. The molecule has 1 aromatic carbocycles. The fourth-order valence-corrected chi connectivity index (χ4v) is 3.78. The van der Waals surface area contributed by atoms with E-state index in [1.54, 1.807) is 13.0 Å². The lowest BCUT2D eigenvalue weighted by Crippen LogP contribution is -2.46. The van der Waals surface area contributed by atoms with Crippen LogP contribution in [0, 0.1) is 12.7 Å². The van der Waals surface area contributed by atoms with Crippen LogP contribution in [0.4, 0.5) is 4.39 Å². The number of benzene rings is 1. The molecule has 114 valence electrons. The fourth-order valence-electron chi connectivity index (χ4n) is 2.34. The molecule has 4 nitrogen and oxygen atoms in total. The van der Waals surface area contributed by atoms with Crippen LogP contribution in [0.1, 0.15) is 25.3 Å². The minimum absolute atomic E-state index is 0. The van der Waals surface area contributed by atoms with Crippen LogP contribution in [0.2, 0.25) is 0 Å². The Kier molecular flexibility index (Phi) is 5.94. The van der Waals surface area contributed by atoms with E-state index in [1.165, 1.54) is 12.1 Å². The van der Waals surface area contributed by atoms with Crippen molar-refractivity contribution in [3.05, 3.63) is 29.6 Å². The molecule has 1 aromatic rings. The number of nitrogens with one attached hydrogen (secondary N) is 2. The molecule has 0 bridgehead atoms. The summed E-state index contributed by atoms with van der Waals surface area (Å²) in [4.78, 5) is -0.265. The standard InChI is InChI=1S/C13H19FN2O2S.ClH/c1-9-3-4-12(14)13(7-9)19(17,18)16-11-5-6-15-10(2)8-11;/h3-4,7,10-11,15-16H,5-6,8H2,1-2H3;1H. The molecule has 0 radical (unpaired) electrons. The molecule has 2 atom stereocenters. The van der Waals surface area contributed by atoms with Crippen LogP contribution in [-0.2, 0) is 10.0 Å². The maximum atomic E-state index is 13.7. The van der Waals surface area contributed by atoms with E-state index >= 15 is 0 Å². The maximum absolute atomic E-state index is 13.7. The Morgan fingerprint density at radius 2 is 2.10 bits per heavy atom. The highest BCUT2D eigenvalue weighted by molar-refractivity contribution is 7.89. The van der Waals surface area contributed by atoms with E-state index in [0.717, 1.165) is 18.5 Å². The smallest absolute Gasteiger partial charge is 0.243 e. The Morgan fingerprint density at radius 1 is 1.40 bits per heavy atom. The summed E-state index contributed by atoms with van der Waals surface area (Å²) in [5.74, 6) is -0.708. The summed E-state index contributed by atoms with van der Waals surface area (Å²) in [6.45, 7) is 4.52. The zero-order valence-electron chi connectivity index (χ0n) is 11.5. The summed E-state index contributed by atoms with van der Waals surface area (Å²) < 4.78 is 40.7. The van der Waals surface area contributed by atoms with E-state index < -0.39 is 15.8 Å². The average molecular weight is 323 g/mol. The monoisotopic (exact) mass is 322 g/mol. The number of sulfonamides is 1. The minimum Gasteiger partial charge on any atom is -0.314 e. The number of rotatable bonds is 3. The lowest BCUT2D eigenvalue weighted by atomic mass is 10.0. The topological polar surface area (TPSA) is 58.2 Å². The first-order chi connectivity index (χ1) is 8.88. The van der Waals surface area contributed by atoms with Crippen molar-refractivity contribution in [2.45, 2.75) is 43.7 Å². The highest BCUT2D eigenvalue weighted by atomic mass is 35.5. The van der Waals surface area contributed by atoms with Gasteiger partial charge in [0.15, 0.2) is 0 Å². The van der Waals surface area contributed by atoms with Crippen LogP contribution in [-0.4, -0.2) is 27.0 Å². The Labute approximate surface area is 125 Å². The Hall–Kier alpha value is -0.690. The van der Waals surface area contributed by atoms with Gasteiger partial charge in [-0.3, -0.25) is 0 Å². The summed E-state index contributed by atoms with van der Waals surface area (Å²) in [5.41, 5.74) is 0.723. The lowest BCUT2D eigenvalue weighted by Gasteiger charge is -2.28. The molecule has 0 aliphatic carbocycles. The molecule has 1 heterocycles. The van der Waals surface area contributed by atoms with Crippen LogP contribution in [0.15, 0.2) is 23.1 Å². The third-order valence-corrected chi connectivity index (χ3v) is 4.86. The zero-order chi connectivity index (χ0) is 14.0. The van der Waals surface area contributed by atoms with Gasteiger partial charge in [-0.2, -0.15) is 0 Å². The number of aryl methyl sites for hydroxylation is 1. The van der Waals surface area contributed by atoms with E-state index in [0.29, 0.717) is 6.42 Å². The van der Waals surface area contributed by atoms with Crippen molar-refractivity contribution >= 4 is 22.4 Å². The molecular weight excluding hydrogens is 303 g/mol. The molecule has 7 heteroatoms. The molecule has 20 heavy (non-hydrogen) atoms. The molecular formula is C13H20ClFN2O2S. The van der Waals surface area contributed by atoms with Crippen molar-refractivity contribution in [2.24, 2.45) is 0 Å². The predicted molar refractivity (Wildman–Crippen MR) is 79.2 cm³/mol. The fraction of sp³-hybridized carbons (Fsp3) is 0.538. The lowest BCUT2D eigenvalue weighted by molar-refractivity contribution is 0.361. The van der Waals surface area contributed by atoms with Crippen LogP contribution in [0.5, 0.6) is 0 Å². The van der Waals surface area contributed by atoms with Crippen molar-refractivity contribution in [1.82, 2.24) is 10.0 Å². The van der Waals surface area contributed by atoms with E-state index in [9.17, 15) is 12.8 Å². The average Bonchev–Trinajstić information content (AvgIpc) is 2.31. The Balaban J connectivity index is 0.00000200. The highest BCUT2D eigenvalue weighted by Gasteiger charge is 2.26. The first-order valence-electron chi connectivity index (χ1n) is 6.40. The summed E-state index contributed by atoms with van der Waals surface area (Å²) in [5, 5.41) is 3.25. The van der Waals surface area contributed by atoms with Gasteiger partial charge in [-0.15, -0.1) is 12.4 Å². The normalized spacial score (nSPS) is 23.1. The molecule has 1 aliphatic heterocycles. The quantitative estimate of drug-likeness (QED) is 0.894. The van der Waals surface area contributed by atoms with Gasteiger partial charge >= 0.3 is 0 Å². The molecule has 2 rings (SSSR count). The van der Waals surface area contributed by atoms with Gasteiger partial charge < -0.3 is 5.32 Å². The summed E-state index contributed by atoms with van der Waals surface area (Å²) in [6.07, 6.45) is 1.43. The number of hydrogen-bond donors (Lipinski definition) is 2. The summed E-state index contributed by atoms with van der Waals surface area (Å²) in [6, 6.07) is 4.24. The minimum atomic E-state index is -3.79. The first kappa shape index (κ1) is 17.4. The highest BCUT2D eigenvalue weighted by Crippen LogP contribution is 2.18. The summed E-state index contributed by atoms with van der Waals surface area (Å²) in [7, 11) is -3.79. The van der Waals surface area contributed by atoms with Gasteiger partial charge in [0.1, 0.15) is 10.7 Å². The number of piperidine rings is 1. The second kappa shape index (κ2) is 6.85. The third-order valence-electron chi connectivity index (χ3n) is 3.32. The second-order valence-corrected chi connectivity index (χ2v) is 6.81.